The van der Waals surface area contributed by atoms with Crippen LogP contribution in [0.5, 0.6) is 11.5 Å². The summed E-state index contributed by atoms with van der Waals surface area (Å²) < 4.78 is 47.8. The topological polar surface area (TPSA) is 105 Å². The molecule has 200 valence electrons. The van der Waals surface area contributed by atoms with Crippen molar-refractivity contribution in [3.05, 3.63) is 95.1 Å². The number of alkyl halides is 3. The van der Waals surface area contributed by atoms with Crippen LogP contribution in [-0.4, -0.2) is 40.7 Å². The lowest BCUT2D eigenvalue weighted by Gasteiger charge is -2.29. The van der Waals surface area contributed by atoms with Crippen molar-refractivity contribution in [1.82, 2.24) is 15.5 Å². The molecule has 39 heavy (non-hydrogen) atoms. The fourth-order valence-electron chi connectivity index (χ4n) is 4.67. The van der Waals surface area contributed by atoms with Gasteiger partial charge in [0.1, 0.15) is 17.5 Å². The number of imide groups is 1. The Balaban J connectivity index is 1.34. The molecule has 2 N–H and O–H groups in total. The van der Waals surface area contributed by atoms with Gasteiger partial charge in [-0.15, -0.1) is 0 Å². The third-order valence-electron chi connectivity index (χ3n) is 6.56. The van der Waals surface area contributed by atoms with Gasteiger partial charge in [-0.3, -0.25) is 24.5 Å². The van der Waals surface area contributed by atoms with Crippen molar-refractivity contribution in [2.24, 2.45) is 0 Å². The molecule has 2 aliphatic heterocycles. The number of hydrogen-bond donors (Lipinski definition) is 2. The van der Waals surface area contributed by atoms with E-state index in [1.54, 1.807) is 30.3 Å². The standard InChI is InChI=1S/C28H22F3N3O5/c29-28(30,31)24(16-5-4-8-20(14-16)39-19-6-2-1-3-7-19)33-25(36)17-9-10-21-18(13-17)15-34(27(21)38)22-11-12-23(35)32-26(22)37/h1-10,13-14,22,24H,11-12,15H2,(H,33,36)(H,32,35,37). The van der Waals surface area contributed by atoms with Gasteiger partial charge in [-0.1, -0.05) is 30.3 Å². The van der Waals surface area contributed by atoms with Gasteiger partial charge in [0.25, 0.3) is 11.8 Å². The molecule has 0 radical (unpaired) electrons. The second-order valence-electron chi connectivity index (χ2n) is 9.21. The van der Waals surface area contributed by atoms with Crippen LogP contribution >= 0.6 is 0 Å². The van der Waals surface area contributed by atoms with E-state index in [1.807, 2.05) is 5.32 Å². The highest BCUT2D eigenvalue weighted by molar-refractivity contribution is 6.06. The second kappa shape index (κ2) is 10.2. The molecule has 5 rings (SSSR count). The Labute approximate surface area is 220 Å². The van der Waals surface area contributed by atoms with Gasteiger partial charge in [-0.25, -0.2) is 0 Å². The summed E-state index contributed by atoms with van der Waals surface area (Å²) in [6, 6.07) is 14.7. The molecular weight excluding hydrogens is 515 g/mol. The minimum Gasteiger partial charge on any atom is -0.457 e. The van der Waals surface area contributed by atoms with Gasteiger partial charge in [-0.05, 0) is 60.0 Å². The predicted octanol–water partition coefficient (Wildman–Crippen LogP) is 4.27. The quantitative estimate of drug-likeness (QED) is 0.457. The van der Waals surface area contributed by atoms with Crippen LogP contribution < -0.4 is 15.4 Å². The number of halogens is 3. The molecule has 3 aromatic rings. The molecule has 1 fully saturated rings. The highest BCUT2D eigenvalue weighted by atomic mass is 19.4. The maximum Gasteiger partial charge on any atom is 0.412 e. The average molecular weight is 537 g/mol. The van der Waals surface area contributed by atoms with Gasteiger partial charge in [0.05, 0.1) is 0 Å². The van der Waals surface area contributed by atoms with E-state index in [0.717, 1.165) is 0 Å². The number of fused-ring (bicyclic) bond motifs is 1. The Morgan fingerprint density at radius 3 is 2.44 bits per heavy atom. The molecule has 2 heterocycles. The maximum absolute atomic E-state index is 14.1. The third-order valence-corrected chi connectivity index (χ3v) is 6.56. The Morgan fingerprint density at radius 2 is 1.72 bits per heavy atom. The molecule has 2 unspecified atom stereocenters. The van der Waals surface area contributed by atoms with E-state index in [-0.39, 0.29) is 41.8 Å². The third kappa shape index (κ3) is 5.47. The molecular formula is C28H22F3N3O5. The number of amides is 4. The van der Waals surface area contributed by atoms with E-state index in [2.05, 4.69) is 5.32 Å². The number of carbonyl (C=O) groups excluding carboxylic acids is 4. The molecule has 0 aromatic heterocycles. The maximum atomic E-state index is 14.1. The molecule has 1 saturated heterocycles. The Bertz CT molecular complexity index is 1460. The summed E-state index contributed by atoms with van der Waals surface area (Å²) >= 11 is 0. The smallest absolute Gasteiger partial charge is 0.412 e. The van der Waals surface area contributed by atoms with E-state index in [1.165, 1.54) is 47.4 Å². The number of benzene rings is 3. The van der Waals surface area contributed by atoms with Gasteiger partial charge in [0, 0.05) is 24.1 Å². The zero-order valence-corrected chi connectivity index (χ0v) is 20.3. The zero-order chi connectivity index (χ0) is 27.7. The largest absolute Gasteiger partial charge is 0.457 e. The summed E-state index contributed by atoms with van der Waals surface area (Å²) in [5, 5.41) is 4.25. The van der Waals surface area contributed by atoms with Crippen LogP contribution in [0.1, 0.15) is 50.7 Å². The number of ether oxygens (including phenoxy) is 1. The molecule has 3 aromatic carbocycles. The lowest BCUT2D eigenvalue weighted by atomic mass is 10.0. The summed E-state index contributed by atoms with van der Waals surface area (Å²) in [6.07, 6.45) is -4.56. The Morgan fingerprint density at radius 1 is 0.974 bits per heavy atom. The lowest BCUT2D eigenvalue weighted by molar-refractivity contribution is -0.155. The number of carbonyl (C=O) groups is 4. The van der Waals surface area contributed by atoms with Crippen LogP contribution in [0.25, 0.3) is 0 Å². The molecule has 0 aliphatic carbocycles. The monoisotopic (exact) mass is 537 g/mol. The zero-order valence-electron chi connectivity index (χ0n) is 20.3. The first-order valence-electron chi connectivity index (χ1n) is 12.1. The highest BCUT2D eigenvalue weighted by Gasteiger charge is 2.43. The fraction of sp³-hybridized carbons (Fsp3) is 0.214. The first-order valence-corrected chi connectivity index (χ1v) is 12.1. The van der Waals surface area contributed by atoms with E-state index >= 15 is 0 Å². The van der Waals surface area contributed by atoms with Crippen molar-refractivity contribution in [2.45, 2.75) is 37.6 Å². The first-order chi connectivity index (χ1) is 18.6. The summed E-state index contributed by atoms with van der Waals surface area (Å²) in [5.74, 6) is -1.82. The molecule has 2 aliphatic rings. The summed E-state index contributed by atoms with van der Waals surface area (Å²) in [5.41, 5.74) is 0.357. The fourth-order valence-corrected chi connectivity index (χ4v) is 4.67. The predicted molar refractivity (Wildman–Crippen MR) is 132 cm³/mol. The van der Waals surface area contributed by atoms with Gasteiger partial charge in [0.15, 0.2) is 6.04 Å². The summed E-state index contributed by atoms with van der Waals surface area (Å²) in [7, 11) is 0. The van der Waals surface area contributed by atoms with Crippen molar-refractivity contribution in [3.8, 4) is 11.5 Å². The molecule has 4 amide bonds. The van der Waals surface area contributed by atoms with E-state index in [4.69, 9.17) is 4.74 Å². The van der Waals surface area contributed by atoms with Crippen molar-refractivity contribution >= 4 is 23.6 Å². The van der Waals surface area contributed by atoms with Crippen LogP contribution in [0.15, 0.2) is 72.8 Å². The molecule has 2 atom stereocenters. The number of rotatable bonds is 6. The molecule has 0 bridgehead atoms. The number of nitrogens with zero attached hydrogens (tertiary/aromatic N) is 1. The Kier molecular flexibility index (Phi) is 6.81. The average Bonchev–Trinajstić information content (AvgIpc) is 3.22. The second-order valence-corrected chi connectivity index (χ2v) is 9.21. The minimum absolute atomic E-state index is 0.0108. The van der Waals surface area contributed by atoms with E-state index in [0.29, 0.717) is 11.3 Å². The molecule has 0 spiro atoms. The molecule has 11 heteroatoms. The van der Waals surface area contributed by atoms with Gasteiger partial charge >= 0.3 is 6.18 Å². The highest BCUT2D eigenvalue weighted by Crippen LogP contribution is 2.35. The van der Waals surface area contributed by atoms with Crippen LogP contribution in [0, 0.1) is 0 Å². The number of piperidine rings is 1. The van der Waals surface area contributed by atoms with Gasteiger partial charge in [0.2, 0.25) is 11.8 Å². The normalized spacial score (nSPS) is 17.9. The van der Waals surface area contributed by atoms with Crippen LogP contribution in [0.4, 0.5) is 13.2 Å². The van der Waals surface area contributed by atoms with Crippen LogP contribution in [0.3, 0.4) is 0 Å². The van der Waals surface area contributed by atoms with Crippen LogP contribution in [-0.2, 0) is 16.1 Å². The van der Waals surface area contributed by atoms with Crippen molar-refractivity contribution < 1.29 is 37.1 Å². The first kappa shape index (κ1) is 26.0. The van der Waals surface area contributed by atoms with Crippen molar-refractivity contribution in [3.63, 3.8) is 0 Å². The molecule has 0 saturated carbocycles. The number of hydrogen-bond acceptors (Lipinski definition) is 5. The lowest BCUT2D eigenvalue weighted by Crippen LogP contribution is -2.52. The number of nitrogens with one attached hydrogen (secondary N) is 2. The van der Waals surface area contributed by atoms with E-state index in [9.17, 15) is 32.3 Å². The van der Waals surface area contributed by atoms with Gasteiger partial charge < -0.3 is 15.0 Å². The summed E-state index contributed by atoms with van der Waals surface area (Å²) in [6.45, 7) is -0.0108. The van der Waals surface area contributed by atoms with Gasteiger partial charge in [-0.2, -0.15) is 13.2 Å². The number of para-hydroxylation sites is 1. The molecule has 8 nitrogen and oxygen atoms in total. The summed E-state index contributed by atoms with van der Waals surface area (Å²) in [4.78, 5) is 50.8. The van der Waals surface area contributed by atoms with Crippen LogP contribution in [0.2, 0.25) is 0 Å². The SMILES string of the molecule is O=C1CCC(N2Cc3cc(C(=O)NC(c4cccc(Oc5ccccc5)c4)C(F)(F)F)ccc3C2=O)C(=O)N1. The van der Waals surface area contributed by atoms with Crippen molar-refractivity contribution in [1.29, 1.82) is 0 Å². The van der Waals surface area contributed by atoms with Crippen molar-refractivity contribution in [2.75, 3.05) is 0 Å². The Hall–Kier alpha value is -4.67. The van der Waals surface area contributed by atoms with E-state index < -0.39 is 41.9 Å². The minimum atomic E-state index is -4.81.